The van der Waals surface area contributed by atoms with Crippen molar-refractivity contribution in [3.8, 4) is 5.75 Å². The number of nitrogens with one attached hydrogen (secondary N) is 1. The third-order valence-electron chi connectivity index (χ3n) is 6.97. The van der Waals surface area contributed by atoms with Gasteiger partial charge in [0.15, 0.2) is 5.78 Å². The summed E-state index contributed by atoms with van der Waals surface area (Å²) in [5.74, 6) is -2.45. The zero-order valence-electron chi connectivity index (χ0n) is 19.6. The van der Waals surface area contributed by atoms with Crippen molar-refractivity contribution in [3.63, 3.8) is 0 Å². The van der Waals surface area contributed by atoms with Gasteiger partial charge in [0, 0.05) is 22.9 Å². The van der Waals surface area contributed by atoms with E-state index in [0.717, 1.165) is 36.9 Å². The molecule has 0 saturated heterocycles. The van der Waals surface area contributed by atoms with Crippen molar-refractivity contribution >= 4 is 17.7 Å². The molecule has 1 aliphatic heterocycles. The van der Waals surface area contributed by atoms with Crippen LogP contribution >= 0.6 is 0 Å². The second kappa shape index (κ2) is 9.41. The lowest BCUT2D eigenvalue weighted by Gasteiger charge is -2.38. The minimum absolute atomic E-state index is 0.107. The number of ketones is 1. The van der Waals surface area contributed by atoms with Crippen molar-refractivity contribution in [2.75, 3.05) is 14.2 Å². The molecule has 0 spiro atoms. The Kier molecular flexibility index (Phi) is 6.58. The standard InChI is InChI=1S/C26H31NO6/c1-14-12-19-23(24(28)20(14)25(29)32-4)22(16-8-7-11-18(13-16)31-3)21(15(2)27-19)26(30)33-17-9-5-6-10-17/h7-8,11,13-14,17,20,22,27H,5-6,9-10,12H2,1-4H3/t14-,20-,22-/m1/s1. The molecule has 1 saturated carbocycles. The minimum atomic E-state index is -0.908. The van der Waals surface area contributed by atoms with Gasteiger partial charge in [0.25, 0.3) is 0 Å². The predicted octanol–water partition coefficient (Wildman–Crippen LogP) is 3.79. The molecule has 1 aromatic rings. The summed E-state index contributed by atoms with van der Waals surface area (Å²) in [6.45, 7) is 3.71. The molecule has 1 aromatic carbocycles. The third-order valence-corrected chi connectivity index (χ3v) is 6.97. The fraction of sp³-hybridized carbons (Fsp3) is 0.500. The van der Waals surface area contributed by atoms with Gasteiger partial charge >= 0.3 is 11.9 Å². The monoisotopic (exact) mass is 453 g/mol. The average Bonchev–Trinajstić information content (AvgIpc) is 3.30. The van der Waals surface area contributed by atoms with Gasteiger partial charge in [0.2, 0.25) is 0 Å². The molecule has 176 valence electrons. The van der Waals surface area contributed by atoms with E-state index in [2.05, 4.69) is 5.32 Å². The summed E-state index contributed by atoms with van der Waals surface area (Å²) in [5, 5.41) is 3.30. The molecule has 7 heteroatoms. The maximum atomic E-state index is 13.7. The zero-order valence-corrected chi connectivity index (χ0v) is 19.6. The molecule has 0 amide bonds. The van der Waals surface area contributed by atoms with Crippen molar-refractivity contribution in [2.24, 2.45) is 11.8 Å². The maximum absolute atomic E-state index is 13.7. The van der Waals surface area contributed by atoms with Crippen molar-refractivity contribution in [2.45, 2.75) is 58.0 Å². The first-order valence-corrected chi connectivity index (χ1v) is 11.5. The molecule has 0 radical (unpaired) electrons. The highest BCUT2D eigenvalue weighted by Gasteiger charge is 2.47. The first kappa shape index (κ1) is 23.1. The molecular weight excluding hydrogens is 422 g/mol. The summed E-state index contributed by atoms with van der Waals surface area (Å²) in [4.78, 5) is 39.7. The van der Waals surface area contributed by atoms with Gasteiger partial charge in [-0.3, -0.25) is 9.59 Å². The van der Waals surface area contributed by atoms with E-state index >= 15 is 0 Å². The molecule has 4 rings (SSSR count). The zero-order chi connectivity index (χ0) is 23.7. The SMILES string of the molecule is COC(=O)[C@H]1C(=O)C2=C(C[C@H]1C)NC(C)=C(C(=O)OC1CCCC1)[C@H]2c1cccc(OC)c1. The Bertz CT molecular complexity index is 1030. The van der Waals surface area contributed by atoms with Crippen LogP contribution in [0.4, 0.5) is 0 Å². The summed E-state index contributed by atoms with van der Waals surface area (Å²) >= 11 is 0. The van der Waals surface area contributed by atoms with Crippen LogP contribution in [0.15, 0.2) is 46.8 Å². The number of methoxy groups -OCH3 is 2. The molecule has 7 nitrogen and oxygen atoms in total. The van der Waals surface area contributed by atoms with Crippen molar-refractivity contribution < 1.29 is 28.6 Å². The number of hydrogen-bond acceptors (Lipinski definition) is 7. The van der Waals surface area contributed by atoms with Gasteiger partial charge in [-0.1, -0.05) is 19.1 Å². The molecule has 0 aromatic heterocycles. The molecular formula is C26H31NO6. The average molecular weight is 454 g/mol. The Hall–Kier alpha value is -3.09. The molecule has 3 atom stereocenters. The Balaban J connectivity index is 1.82. The lowest BCUT2D eigenvalue weighted by molar-refractivity contribution is -0.151. The molecule has 3 aliphatic rings. The number of rotatable bonds is 5. The van der Waals surface area contributed by atoms with E-state index in [-0.39, 0.29) is 17.8 Å². The van der Waals surface area contributed by atoms with Gasteiger partial charge in [0.05, 0.1) is 19.8 Å². The first-order chi connectivity index (χ1) is 15.8. The van der Waals surface area contributed by atoms with Gasteiger partial charge in [0.1, 0.15) is 17.8 Å². The Labute approximate surface area is 194 Å². The smallest absolute Gasteiger partial charge is 0.337 e. The Morgan fingerprint density at radius 2 is 1.85 bits per heavy atom. The number of benzene rings is 1. The largest absolute Gasteiger partial charge is 0.497 e. The summed E-state index contributed by atoms with van der Waals surface area (Å²) in [6, 6.07) is 7.35. The van der Waals surface area contributed by atoms with Crippen LogP contribution in [-0.4, -0.2) is 38.0 Å². The number of carbonyl (C=O) groups excluding carboxylic acids is 3. The lowest BCUT2D eigenvalue weighted by Crippen LogP contribution is -2.43. The molecule has 1 fully saturated rings. The normalized spacial score (nSPS) is 25.5. The molecule has 2 aliphatic carbocycles. The summed E-state index contributed by atoms with van der Waals surface area (Å²) < 4.78 is 16.2. The Morgan fingerprint density at radius 3 is 2.52 bits per heavy atom. The minimum Gasteiger partial charge on any atom is -0.497 e. The van der Waals surface area contributed by atoms with Gasteiger partial charge in [-0.25, -0.2) is 4.79 Å². The fourth-order valence-electron chi connectivity index (χ4n) is 5.33. The van der Waals surface area contributed by atoms with E-state index in [0.29, 0.717) is 29.0 Å². The fourth-order valence-corrected chi connectivity index (χ4v) is 5.33. The van der Waals surface area contributed by atoms with Gasteiger partial charge in [-0.05, 0) is 62.6 Å². The van der Waals surface area contributed by atoms with E-state index in [1.54, 1.807) is 7.11 Å². The Morgan fingerprint density at radius 1 is 1.12 bits per heavy atom. The van der Waals surface area contributed by atoms with Crippen LogP contribution in [0.2, 0.25) is 0 Å². The predicted molar refractivity (Wildman–Crippen MR) is 121 cm³/mol. The van der Waals surface area contributed by atoms with Crippen LogP contribution in [0.5, 0.6) is 5.75 Å². The number of ether oxygens (including phenoxy) is 3. The van der Waals surface area contributed by atoms with Crippen molar-refractivity contribution in [1.29, 1.82) is 0 Å². The topological polar surface area (TPSA) is 90.9 Å². The number of esters is 2. The number of carbonyl (C=O) groups is 3. The molecule has 0 bridgehead atoms. The number of hydrogen-bond donors (Lipinski definition) is 1. The van der Waals surface area contributed by atoms with Gasteiger partial charge < -0.3 is 19.5 Å². The van der Waals surface area contributed by atoms with Crippen LogP contribution in [-0.2, 0) is 23.9 Å². The second-order valence-corrected chi connectivity index (χ2v) is 9.12. The highest BCUT2D eigenvalue weighted by Crippen LogP contribution is 2.46. The highest BCUT2D eigenvalue weighted by atomic mass is 16.5. The molecule has 1 heterocycles. The third kappa shape index (κ3) is 4.28. The van der Waals surface area contributed by atoms with Crippen molar-refractivity contribution in [3.05, 3.63) is 52.4 Å². The summed E-state index contributed by atoms with van der Waals surface area (Å²) in [5.41, 5.74) is 2.99. The molecule has 0 unspecified atom stereocenters. The van der Waals surface area contributed by atoms with Crippen LogP contribution in [0.1, 0.15) is 57.4 Å². The first-order valence-electron chi connectivity index (χ1n) is 11.5. The maximum Gasteiger partial charge on any atom is 0.337 e. The number of Topliss-reactive ketones (excluding diaryl/α,β-unsaturated/α-hetero) is 1. The highest BCUT2D eigenvalue weighted by molar-refractivity contribution is 6.12. The van der Waals surface area contributed by atoms with E-state index in [1.165, 1.54) is 7.11 Å². The van der Waals surface area contributed by atoms with E-state index in [9.17, 15) is 14.4 Å². The van der Waals surface area contributed by atoms with Gasteiger partial charge in [-0.15, -0.1) is 0 Å². The van der Waals surface area contributed by atoms with E-state index in [1.807, 2.05) is 38.1 Å². The van der Waals surface area contributed by atoms with Crippen LogP contribution < -0.4 is 10.1 Å². The summed E-state index contributed by atoms with van der Waals surface area (Å²) in [7, 11) is 2.86. The lowest BCUT2D eigenvalue weighted by atomic mass is 9.69. The molecule has 1 N–H and O–H groups in total. The number of dihydropyridines is 1. The van der Waals surface area contributed by atoms with Crippen molar-refractivity contribution in [1.82, 2.24) is 5.32 Å². The van der Waals surface area contributed by atoms with Crippen LogP contribution in [0, 0.1) is 11.8 Å². The quantitative estimate of drug-likeness (QED) is 0.536. The number of allylic oxidation sites excluding steroid dienone is 3. The molecule has 33 heavy (non-hydrogen) atoms. The van der Waals surface area contributed by atoms with Gasteiger partial charge in [-0.2, -0.15) is 0 Å². The van der Waals surface area contributed by atoms with Crippen LogP contribution in [0.25, 0.3) is 0 Å². The van der Waals surface area contributed by atoms with Crippen LogP contribution in [0.3, 0.4) is 0 Å². The second-order valence-electron chi connectivity index (χ2n) is 9.12. The summed E-state index contributed by atoms with van der Waals surface area (Å²) in [6.07, 6.45) is 4.18. The van der Waals surface area contributed by atoms with E-state index < -0.39 is 23.8 Å². The van der Waals surface area contributed by atoms with E-state index in [4.69, 9.17) is 14.2 Å².